The van der Waals surface area contributed by atoms with Gasteiger partial charge >= 0.3 is 0 Å². The second kappa shape index (κ2) is 8.25. The minimum atomic E-state index is 0.660. The summed E-state index contributed by atoms with van der Waals surface area (Å²) < 4.78 is 10.7. The molecule has 0 atom stereocenters. The van der Waals surface area contributed by atoms with E-state index in [1.54, 1.807) is 14.2 Å². The first-order valence-electron chi connectivity index (χ1n) is 9.14. The summed E-state index contributed by atoms with van der Waals surface area (Å²) in [6.45, 7) is 7.04. The molecule has 0 radical (unpaired) electrons. The maximum atomic E-state index is 5.37. The lowest BCUT2D eigenvalue weighted by atomic mass is 10.00. The van der Waals surface area contributed by atoms with Gasteiger partial charge in [-0.1, -0.05) is 13.0 Å². The fourth-order valence-electron chi connectivity index (χ4n) is 3.18. The van der Waals surface area contributed by atoms with Crippen LogP contribution in [0, 0.1) is 12.8 Å². The largest absolute Gasteiger partial charge is 0.493 e. The van der Waals surface area contributed by atoms with Gasteiger partial charge in [0.2, 0.25) is 5.95 Å². The zero-order valence-electron chi connectivity index (χ0n) is 16.1. The van der Waals surface area contributed by atoms with Crippen LogP contribution in [0.15, 0.2) is 24.3 Å². The Bertz CT molecular complexity index is 743. The van der Waals surface area contributed by atoms with Gasteiger partial charge in [-0.15, -0.1) is 0 Å². The lowest BCUT2D eigenvalue weighted by Gasteiger charge is -2.30. The van der Waals surface area contributed by atoms with E-state index in [1.165, 1.54) is 12.8 Å². The van der Waals surface area contributed by atoms with Gasteiger partial charge in [-0.3, -0.25) is 0 Å². The third-order valence-electron chi connectivity index (χ3n) is 4.83. The molecule has 1 aliphatic rings. The van der Waals surface area contributed by atoms with Gasteiger partial charge < -0.3 is 19.7 Å². The summed E-state index contributed by atoms with van der Waals surface area (Å²) in [5.41, 5.74) is 2.08. The summed E-state index contributed by atoms with van der Waals surface area (Å²) in [4.78, 5) is 11.6. The van der Waals surface area contributed by atoms with Gasteiger partial charge in [0.15, 0.2) is 11.5 Å². The van der Waals surface area contributed by atoms with Crippen LogP contribution < -0.4 is 19.7 Å². The highest BCUT2D eigenvalue weighted by atomic mass is 16.5. The van der Waals surface area contributed by atoms with Crippen molar-refractivity contribution < 1.29 is 9.47 Å². The fraction of sp³-hybridized carbons (Fsp3) is 0.500. The van der Waals surface area contributed by atoms with Crippen molar-refractivity contribution >= 4 is 11.8 Å². The molecule has 6 nitrogen and oxygen atoms in total. The molecule has 0 unspecified atom stereocenters. The van der Waals surface area contributed by atoms with Crippen LogP contribution in [0.1, 0.15) is 31.0 Å². The Morgan fingerprint density at radius 1 is 1.08 bits per heavy atom. The summed E-state index contributed by atoms with van der Waals surface area (Å²) in [6.07, 6.45) is 2.40. The van der Waals surface area contributed by atoms with Gasteiger partial charge in [0, 0.05) is 31.4 Å². The van der Waals surface area contributed by atoms with Gasteiger partial charge in [-0.05, 0) is 43.4 Å². The molecule has 1 fully saturated rings. The van der Waals surface area contributed by atoms with Crippen LogP contribution in [0.5, 0.6) is 11.5 Å². The predicted molar refractivity (Wildman–Crippen MR) is 104 cm³/mol. The number of rotatable bonds is 6. The predicted octanol–water partition coefficient (Wildman–Crippen LogP) is 3.65. The van der Waals surface area contributed by atoms with Crippen LogP contribution in [-0.4, -0.2) is 37.3 Å². The van der Waals surface area contributed by atoms with Crippen molar-refractivity contribution in [3.8, 4) is 11.5 Å². The number of hydrogen-bond donors (Lipinski definition) is 1. The van der Waals surface area contributed by atoms with Crippen molar-refractivity contribution in [3.63, 3.8) is 0 Å². The van der Waals surface area contributed by atoms with Gasteiger partial charge in [-0.2, -0.15) is 4.98 Å². The Kier molecular flexibility index (Phi) is 5.81. The molecule has 1 aromatic heterocycles. The van der Waals surface area contributed by atoms with Gasteiger partial charge in [0.1, 0.15) is 5.82 Å². The average Bonchev–Trinajstić information content (AvgIpc) is 2.66. The molecule has 2 aromatic rings. The third-order valence-corrected chi connectivity index (χ3v) is 4.83. The van der Waals surface area contributed by atoms with Crippen LogP contribution in [-0.2, 0) is 6.54 Å². The van der Waals surface area contributed by atoms with Gasteiger partial charge in [0.25, 0.3) is 0 Å². The van der Waals surface area contributed by atoms with Crippen LogP contribution in [0.2, 0.25) is 0 Å². The smallest absolute Gasteiger partial charge is 0.227 e. The zero-order chi connectivity index (χ0) is 18.5. The quantitative estimate of drug-likeness (QED) is 0.852. The SMILES string of the molecule is COc1ccc(CNc2cc(C)nc(N3CCC(C)CC3)n2)cc1OC. The van der Waals surface area contributed by atoms with Gasteiger partial charge in [-0.25, -0.2) is 4.98 Å². The molecule has 0 bridgehead atoms. The summed E-state index contributed by atoms with van der Waals surface area (Å²) in [5.74, 6) is 3.93. The van der Waals surface area contributed by atoms with Crippen molar-refractivity contribution in [2.24, 2.45) is 5.92 Å². The molecule has 3 rings (SSSR count). The first-order valence-corrected chi connectivity index (χ1v) is 9.14. The second-order valence-corrected chi connectivity index (χ2v) is 6.91. The van der Waals surface area contributed by atoms with E-state index in [2.05, 4.69) is 22.1 Å². The Balaban J connectivity index is 1.70. The summed E-state index contributed by atoms with van der Waals surface area (Å²) >= 11 is 0. The Hall–Kier alpha value is -2.50. The summed E-state index contributed by atoms with van der Waals surface area (Å²) in [5, 5.41) is 3.40. The number of methoxy groups -OCH3 is 2. The van der Waals surface area contributed by atoms with Crippen LogP contribution in [0.25, 0.3) is 0 Å². The summed E-state index contributed by atoms with van der Waals surface area (Å²) in [6, 6.07) is 7.90. The van der Waals surface area contributed by atoms with Crippen LogP contribution in [0.4, 0.5) is 11.8 Å². The average molecular weight is 356 g/mol. The number of aryl methyl sites for hydroxylation is 1. The van der Waals surface area contributed by atoms with E-state index in [-0.39, 0.29) is 0 Å². The number of nitrogens with one attached hydrogen (secondary N) is 1. The molecule has 140 valence electrons. The molecule has 0 spiro atoms. The molecule has 0 amide bonds. The number of ether oxygens (including phenoxy) is 2. The van der Waals surface area contributed by atoms with Crippen molar-refractivity contribution in [1.29, 1.82) is 0 Å². The second-order valence-electron chi connectivity index (χ2n) is 6.91. The highest BCUT2D eigenvalue weighted by Gasteiger charge is 2.18. The van der Waals surface area contributed by atoms with E-state index in [0.29, 0.717) is 6.54 Å². The van der Waals surface area contributed by atoms with E-state index in [0.717, 1.165) is 53.5 Å². The van der Waals surface area contributed by atoms with E-state index in [9.17, 15) is 0 Å². The molecular weight excluding hydrogens is 328 g/mol. The fourth-order valence-corrected chi connectivity index (χ4v) is 3.18. The first kappa shape index (κ1) is 18.3. The van der Waals surface area contributed by atoms with Crippen molar-refractivity contribution in [2.75, 3.05) is 37.5 Å². The number of nitrogens with zero attached hydrogens (tertiary/aromatic N) is 3. The van der Waals surface area contributed by atoms with Crippen molar-refractivity contribution in [1.82, 2.24) is 9.97 Å². The molecule has 0 saturated carbocycles. The molecule has 0 aliphatic carbocycles. The van der Waals surface area contributed by atoms with Crippen molar-refractivity contribution in [3.05, 3.63) is 35.5 Å². The first-order chi connectivity index (χ1) is 12.6. The standard InChI is InChI=1S/C20H28N4O2/c1-14-7-9-24(10-8-14)20-22-15(2)11-19(23-20)21-13-16-5-6-17(25-3)18(12-16)26-4/h5-6,11-12,14H,7-10,13H2,1-4H3,(H,21,22,23). The minimum Gasteiger partial charge on any atom is -0.493 e. The Morgan fingerprint density at radius 3 is 2.50 bits per heavy atom. The summed E-state index contributed by atoms with van der Waals surface area (Å²) in [7, 11) is 3.29. The van der Waals surface area contributed by atoms with E-state index < -0.39 is 0 Å². The lowest BCUT2D eigenvalue weighted by Crippen LogP contribution is -2.34. The highest BCUT2D eigenvalue weighted by molar-refractivity contribution is 5.46. The monoisotopic (exact) mass is 356 g/mol. The molecule has 1 aromatic carbocycles. The van der Waals surface area contributed by atoms with Crippen LogP contribution >= 0.6 is 0 Å². The third kappa shape index (κ3) is 4.36. The lowest BCUT2D eigenvalue weighted by molar-refractivity contribution is 0.354. The molecule has 1 saturated heterocycles. The maximum absolute atomic E-state index is 5.37. The molecule has 2 heterocycles. The molecule has 6 heteroatoms. The van der Waals surface area contributed by atoms with E-state index in [4.69, 9.17) is 14.5 Å². The Morgan fingerprint density at radius 2 is 1.81 bits per heavy atom. The number of hydrogen-bond acceptors (Lipinski definition) is 6. The van der Waals surface area contributed by atoms with E-state index >= 15 is 0 Å². The van der Waals surface area contributed by atoms with E-state index in [1.807, 2.05) is 31.2 Å². The highest BCUT2D eigenvalue weighted by Crippen LogP contribution is 2.28. The van der Waals surface area contributed by atoms with Crippen molar-refractivity contribution in [2.45, 2.75) is 33.2 Å². The number of aromatic nitrogens is 2. The molecule has 26 heavy (non-hydrogen) atoms. The normalized spacial score (nSPS) is 15.0. The number of anilines is 2. The molecule has 1 aliphatic heterocycles. The van der Waals surface area contributed by atoms with Crippen LogP contribution in [0.3, 0.4) is 0 Å². The number of benzene rings is 1. The van der Waals surface area contributed by atoms with Gasteiger partial charge in [0.05, 0.1) is 14.2 Å². The molecule has 1 N–H and O–H groups in total. The zero-order valence-corrected chi connectivity index (χ0v) is 16.1. The minimum absolute atomic E-state index is 0.660. The number of piperidine rings is 1. The maximum Gasteiger partial charge on any atom is 0.227 e. The topological polar surface area (TPSA) is 59.5 Å². The molecular formula is C20H28N4O2. The Labute approximate surface area is 155 Å².